The summed E-state index contributed by atoms with van der Waals surface area (Å²) in [7, 11) is 0. The first-order valence-corrected chi connectivity index (χ1v) is 13.2. The molecule has 1 aliphatic heterocycles. The summed E-state index contributed by atoms with van der Waals surface area (Å²) in [5, 5.41) is 6.32. The standard InChI is InChI=1S/C29H32F2N6O3/c1-18-14-22(6-9-24(18)28(38)33-10-12-36-16-19(2)39-20(3)17-36)35-26-27-34-15-25(37(27)13-11-32-26)21-4-7-23(8-5-21)40-29(30)31/h4-9,11,13-15,19-20,29H,10,12,16-17H2,1-3H3,(H,32,35)(H,33,38). The van der Waals surface area contributed by atoms with E-state index < -0.39 is 6.61 Å². The van der Waals surface area contributed by atoms with Crippen LogP contribution in [0.25, 0.3) is 16.9 Å². The smallest absolute Gasteiger partial charge is 0.387 e. The molecule has 2 N–H and O–H groups in total. The third-order valence-electron chi connectivity index (χ3n) is 6.75. The third-order valence-corrected chi connectivity index (χ3v) is 6.75. The topological polar surface area (TPSA) is 93.0 Å². The first-order valence-electron chi connectivity index (χ1n) is 13.2. The highest BCUT2D eigenvalue weighted by atomic mass is 19.3. The highest BCUT2D eigenvalue weighted by Gasteiger charge is 2.22. The van der Waals surface area contributed by atoms with E-state index in [0.29, 0.717) is 23.6 Å². The maximum absolute atomic E-state index is 12.8. The van der Waals surface area contributed by atoms with Gasteiger partial charge in [-0.1, -0.05) is 0 Å². The van der Waals surface area contributed by atoms with Crippen molar-refractivity contribution in [1.29, 1.82) is 0 Å². The van der Waals surface area contributed by atoms with Crippen LogP contribution in [0.15, 0.2) is 61.1 Å². The second-order valence-corrected chi connectivity index (χ2v) is 9.94. The molecule has 1 amide bonds. The Morgan fingerprint density at radius 3 is 2.58 bits per heavy atom. The van der Waals surface area contributed by atoms with Gasteiger partial charge in [-0.2, -0.15) is 8.78 Å². The van der Waals surface area contributed by atoms with Gasteiger partial charge < -0.3 is 20.1 Å². The number of halogens is 2. The lowest BCUT2D eigenvalue weighted by molar-refractivity contribution is -0.0672. The number of anilines is 2. The van der Waals surface area contributed by atoms with Gasteiger partial charge in [-0.05, 0) is 68.8 Å². The van der Waals surface area contributed by atoms with Gasteiger partial charge in [0.25, 0.3) is 5.91 Å². The van der Waals surface area contributed by atoms with Gasteiger partial charge in [-0.25, -0.2) is 9.97 Å². The molecular formula is C29H32F2N6O3. The number of aryl methyl sites for hydroxylation is 1. The number of nitrogens with zero attached hydrogens (tertiary/aromatic N) is 4. The van der Waals surface area contributed by atoms with E-state index in [2.05, 4.69) is 44.1 Å². The number of hydrogen-bond acceptors (Lipinski definition) is 7. The van der Waals surface area contributed by atoms with Crippen molar-refractivity contribution in [2.24, 2.45) is 0 Å². The van der Waals surface area contributed by atoms with E-state index in [1.807, 2.05) is 23.5 Å². The second-order valence-electron chi connectivity index (χ2n) is 9.94. The van der Waals surface area contributed by atoms with Crippen molar-refractivity contribution >= 4 is 23.1 Å². The van der Waals surface area contributed by atoms with Crippen LogP contribution in [-0.2, 0) is 4.74 Å². The summed E-state index contributed by atoms with van der Waals surface area (Å²) in [6, 6.07) is 11.9. The molecule has 2 aromatic carbocycles. The Labute approximate surface area is 231 Å². The number of amides is 1. The molecule has 0 bridgehead atoms. The molecule has 4 aromatic rings. The molecule has 2 aromatic heterocycles. The SMILES string of the molecule is Cc1cc(Nc2nccn3c(-c4ccc(OC(F)F)cc4)cnc23)ccc1C(=O)NCCN1CC(C)OC(C)C1. The molecule has 0 spiro atoms. The zero-order valence-electron chi connectivity index (χ0n) is 22.6. The fourth-order valence-electron chi connectivity index (χ4n) is 5.05. The molecule has 210 valence electrons. The minimum Gasteiger partial charge on any atom is -0.435 e. The zero-order chi connectivity index (χ0) is 28.2. The van der Waals surface area contributed by atoms with Gasteiger partial charge in [-0.15, -0.1) is 0 Å². The number of ether oxygens (including phenoxy) is 2. The molecule has 1 saturated heterocycles. The van der Waals surface area contributed by atoms with Crippen LogP contribution in [0.4, 0.5) is 20.3 Å². The van der Waals surface area contributed by atoms with E-state index >= 15 is 0 Å². The Balaban J connectivity index is 1.24. The molecule has 9 nitrogen and oxygen atoms in total. The number of aromatic nitrogens is 3. The lowest BCUT2D eigenvalue weighted by Gasteiger charge is -2.35. The van der Waals surface area contributed by atoms with E-state index in [-0.39, 0.29) is 23.9 Å². The number of carbonyl (C=O) groups is 1. The van der Waals surface area contributed by atoms with Crippen LogP contribution < -0.4 is 15.4 Å². The molecule has 2 atom stereocenters. The van der Waals surface area contributed by atoms with Gasteiger partial charge in [-0.3, -0.25) is 14.1 Å². The van der Waals surface area contributed by atoms with E-state index in [9.17, 15) is 13.6 Å². The monoisotopic (exact) mass is 550 g/mol. The molecule has 3 heterocycles. The normalized spacial score (nSPS) is 17.8. The number of nitrogens with one attached hydrogen (secondary N) is 2. The van der Waals surface area contributed by atoms with Crippen molar-refractivity contribution in [3.63, 3.8) is 0 Å². The summed E-state index contributed by atoms with van der Waals surface area (Å²) in [6.07, 6.45) is 5.51. The molecule has 2 unspecified atom stereocenters. The van der Waals surface area contributed by atoms with Gasteiger partial charge in [0.1, 0.15) is 5.75 Å². The predicted octanol–water partition coefficient (Wildman–Crippen LogP) is 4.89. The molecule has 11 heteroatoms. The van der Waals surface area contributed by atoms with Crippen molar-refractivity contribution in [2.75, 3.05) is 31.5 Å². The minimum atomic E-state index is -2.87. The summed E-state index contributed by atoms with van der Waals surface area (Å²) < 4.78 is 37.0. The van der Waals surface area contributed by atoms with Crippen molar-refractivity contribution in [3.8, 4) is 17.0 Å². The largest absolute Gasteiger partial charge is 0.435 e. The van der Waals surface area contributed by atoms with Crippen LogP contribution in [0.1, 0.15) is 29.8 Å². The van der Waals surface area contributed by atoms with Crippen LogP contribution in [0.5, 0.6) is 5.75 Å². The Kier molecular flexibility index (Phi) is 8.22. The van der Waals surface area contributed by atoms with Crippen molar-refractivity contribution < 1.29 is 23.0 Å². The Bertz CT molecular complexity index is 1470. The first kappa shape index (κ1) is 27.5. The third kappa shape index (κ3) is 6.37. The number of fused-ring (bicyclic) bond motifs is 1. The summed E-state index contributed by atoms with van der Waals surface area (Å²) >= 11 is 0. The number of morpholine rings is 1. The van der Waals surface area contributed by atoms with E-state index in [0.717, 1.165) is 42.1 Å². The maximum atomic E-state index is 12.8. The van der Waals surface area contributed by atoms with E-state index in [1.54, 1.807) is 36.8 Å². The van der Waals surface area contributed by atoms with E-state index in [4.69, 9.17) is 4.74 Å². The minimum absolute atomic E-state index is 0.0884. The second kappa shape index (κ2) is 12.0. The van der Waals surface area contributed by atoms with Crippen LogP contribution >= 0.6 is 0 Å². The highest BCUT2D eigenvalue weighted by molar-refractivity contribution is 5.96. The number of rotatable bonds is 9. The molecule has 0 aliphatic carbocycles. The number of benzene rings is 2. The quantitative estimate of drug-likeness (QED) is 0.307. The van der Waals surface area contributed by atoms with Gasteiger partial charge in [0.05, 0.1) is 24.1 Å². The summed E-state index contributed by atoms with van der Waals surface area (Å²) in [5.41, 5.74) is 4.37. The molecule has 1 fully saturated rings. The van der Waals surface area contributed by atoms with Gasteiger partial charge in [0, 0.05) is 55.4 Å². The Morgan fingerprint density at radius 1 is 1.12 bits per heavy atom. The number of alkyl halides is 2. The van der Waals surface area contributed by atoms with Gasteiger partial charge in [0.2, 0.25) is 0 Å². The van der Waals surface area contributed by atoms with Crippen LogP contribution in [0.2, 0.25) is 0 Å². The van der Waals surface area contributed by atoms with Crippen molar-refractivity contribution in [3.05, 3.63) is 72.2 Å². The lowest BCUT2D eigenvalue weighted by atomic mass is 10.1. The Hall–Kier alpha value is -4.09. The summed E-state index contributed by atoms with van der Waals surface area (Å²) in [4.78, 5) is 24.1. The molecule has 40 heavy (non-hydrogen) atoms. The average Bonchev–Trinajstić information content (AvgIpc) is 3.33. The van der Waals surface area contributed by atoms with Crippen LogP contribution in [0, 0.1) is 6.92 Å². The van der Waals surface area contributed by atoms with Crippen molar-refractivity contribution in [1.82, 2.24) is 24.6 Å². The molecule has 1 aliphatic rings. The van der Waals surface area contributed by atoms with Crippen LogP contribution in [-0.4, -0.2) is 70.2 Å². The van der Waals surface area contributed by atoms with Crippen LogP contribution in [0.3, 0.4) is 0 Å². The first-order chi connectivity index (χ1) is 19.3. The molecule has 0 radical (unpaired) electrons. The molecule has 5 rings (SSSR count). The van der Waals surface area contributed by atoms with Gasteiger partial charge >= 0.3 is 6.61 Å². The molecule has 0 saturated carbocycles. The number of hydrogen-bond donors (Lipinski definition) is 2. The zero-order valence-corrected chi connectivity index (χ0v) is 22.6. The highest BCUT2D eigenvalue weighted by Crippen LogP contribution is 2.27. The predicted molar refractivity (Wildman–Crippen MR) is 148 cm³/mol. The fourth-order valence-corrected chi connectivity index (χ4v) is 5.05. The summed E-state index contributed by atoms with van der Waals surface area (Å²) in [5.74, 6) is 0.518. The Morgan fingerprint density at radius 2 is 1.88 bits per heavy atom. The molecular weight excluding hydrogens is 518 g/mol. The number of carbonyl (C=O) groups excluding carboxylic acids is 1. The van der Waals surface area contributed by atoms with E-state index in [1.165, 1.54) is 12.1 Å². The summed E-state index contributed by atoms with van der Waals surface area (Å²) in [6.45, 7) is 6.22. The lowest BCUT2D eigenvalue weighted by Crippen LogP contribution is -2.47. The number of imidazole rings is 1. The fraction of sp³-hybridized carbons (Fsp3) is 0.345. The maximum Gasteiger partial charge on any atom is 0.387 e. The average molecular weight is 551 g/mol. The van der Waals surface area contributed by atoms with Crippen molar-refractivity contribution in [2.45, 2.75) is 39.6 Å². The van der Waals surface area contributed by atoms with Gasteiger partial charge in [0.15, 0.2) is 11.5 Å².